The van der Waals surface area contributed by atoms with Gasteiger partial charge in [-0.3, -0.25) is 0 Å². The van der Waals surface area contributed by atoms with Crippen molar-refractivity contribution in [1.29, 1.82) is 0 Å². The maximum atomic E-state index is 4.20. The zero-order valence-electron chi connectivity index (χ0n) is 8.02. The molecule has 0 saturated carbocycles. The topological polar surface area (TPSA) is 43.1 Å². The van der Waals surface area contributed by atoms with E-state index >= 15 is 0 Å². The Hall–Kier alpha value is -1.45. The molecule has 0 unspecified atom stereocenters. The predicted molar refractivity (Wildman–Crippen MR) is 49.5 cm³/mol. The highest BCUT2D eigenvalue weighted by Gasteiger charge is 2.14. The van der Waals surface area contributed by atoms with Gasteiger partial charge in [-0.2, -0.15) is 10.1 Å². The van der Waals surface area contributed by atoms with Gasteiger partial charge in [-0.1, -0.05) is 20.8 Å². The van der Waals surface area contributed by atoms with E-state index in [0.29, 0.717) is 5.78 Å². The van der Waals surface area contributed by atoms with E-state index in [4.69, 9.17) is 0 Å². The largest absolute Gasteiger partial charge is 0.252 e. The molecule has 2 aromatic heterocycles. The third kappa shape index (κ3) is 1.39. The summed E-state index contributed by atoms with van der Waals surface area (Å²) >= 11 is 0. The van der Waals surface area contributed by atoms with E-state index in [1.165, 1.54) is 6.33 Å². The van der Waals surface area contributed by atoms with Crippen molar-refractivity contribution in [3.05, 3.63) is 24.3 Å². The normalized spacial score (nSPS) is 12.2. The van der Waals surface area contributed by atoms with E-state index < -0.39 is 0 Å². The van der Waals surface area contributed by atoms with Crippen LogP contribution in [-0.4, -0.2) is 19.6 Å². The second kappa shape index (κ2) is 2.52. The van der Waals surface area contributed by atoms with Gasteiger partial charge in [0.25, 0.3) is 5.78 Å². The van der Waals surface area contributed by atoms with E-state index in [9.17, 15) is 0 Å². The van der Waals surface area contributed by atoms with Crippen LogP contribution in [0.3, 0.4) is 0 Å². The second-order valence-electron chi connectivity index (χ2n) is 4.10. The van der Waals surface area contributed by atoms with Gasteiger partial charge in [-0.05, 0) is 11.0 Å². The van der Waals surface area contributed by atoms with Crippen LogP contribution in [0.5, 0.6) is 0 Å². The van der Waals surface area contributed by atoms with Crippen molar-refractivity contribution in [3.8, 4) is 0 Å². The molecule has 0 radical (unpaired) electrons. The predicted octanol–water partition coefficient (Wildman–Crippen LogP) is 1.42. The summed E-state index contributed by atoms with van der Waals surface area (Å²) in [5, 5.41) is 4.04. The van der Waals surface area contributed by atoms with Crippen LogP contribution in [0.4, 0.5) is 0 Å². The van der Waals surface area contributed by atoms with Gasteiger partial charge in [0, 0.05) is 12.4 Å². The molecule has 2 aromatic rings. The molecule has 0 aliphatic carbocycles. The molecule has 0 bridgehead atoms. The minimum atomic E-state index is 0.104. The molecular formula is C9H12N4. The fraction of sp³-hybridized carbons (Fsp3) is 0.444. The minimum absolute atomic E-state index is 0.104. The summed E-state index contributed by atoms with van der Waals surface area (Å²) in [5.74, 6) is 0.646. The van der Waals surface area contributed by atoms with Crippen molar-refractivity contribution in [2.24, 2.45) is 0 Å². The molecule has 13 heavy (non-hydrogen) atoms. The molecule has 0 aromatic carbocycles. The Kier molecular flexibility index (Phi) is 1.58. The third-order valence-corrected chi connectivity index (χ3v) is 2.00. The van der Waals surface area contributed by atoms with Crippen molar-refractivity contribution in [1.82, 2.24) is 19.6 Å². The molecule has 4 nitrogen and oxygen atoms in total. The first-order valence-corrected chi connectivity index (χ1v) is 4.23. The van der Waals surface area contributed by atoms with Crippen LogP contribution in [0, 0.1) is 0 Å². The molecule has 2 rings (SSSR count). The van der Waals surface area contributed by atoms with Crippen LogP contribution in [0.15, 0.2) is 18.7 Å². The number of rotatable bonds is 0. The summed E-state index contributed by atoms with van der Waals surface area (Å²) in [4.78, 5) is 8.18. The average molecular weight is 176 g/mol. The Labute approximate surface area is 76.6 Å². The number of hydrogen-bond acceptors (Lipinski definition) is 3. The van der Waals surface area contributed by atoms with Gasteiger partial charge < -0.3 is 0 Å². The summed E-state index contributed by atoms with van der Waals surface area (Å²) in [6.45, 7) is 6.44. The van der Waals surface area contributed by atoms with E-state index in [1.54, 1.807) is 4.52 Å². The fourth-order valence-corrected chi connectivity index (χ4v) is 1.11. The summed E-state index contributed by atoms with van der Waals surface area (Å²) in [6.07, 6.45) is 5.33. The number of hydrogen-bond donors (Lipinski definition) is 0. The highest BCUT2D eigenvalue weighted by atomic mass is 15.3. The molecule has 0 atom stereocenters. The van der Waals surface area contributed by atoms with Crippen molar-refractivity contribution in [2.45, 2.75) is 26.2 Å². The Morgan fingerprint density at radius 3 is 2.69 bits per heavy atom. The van der Waals surface area contributed by atoms with Crippen LogP contribution in [-0.2, 0) is 5.41 Å². The number of aromatic nitrogens is 4. The zero-order chi connectivity index (χ0) is 9.47. The molecule has 4 heteroatoms. The number of fused-ring (bicyclic) bond motifs is 1. The lowest BCUT2D eigenvalue weighted by atomic mass is 9.89. The van der Waals surface area contributed by atoms with Gasteiger partial charge in [0.2, 0.25) is 0 Å². The van der Waals surface area contributed by atoms with Gasteiger partial charge in [0.15, 0.2) is 0 Å². The Bertz CT molecular complexity index is 424. The van der Waals surface area contributed by atoms with Crippen molar-refractivity contribution >= 4 is 5.78 Å². The van der Waals surface area contributed by atoms with Crippen LogP contribution in [0.25, 0.3) is 5.78 Å². The maximum absolute atomic E-state index is 4.20. The molecule has 0 aliphatic rings. The lowest BCUT2D eigenvalue weighted by Crippen LogP contribution is -2.12. The smallest absolute Gasteiger partial charge is 0.219 e. The van der Waals surface area contributed by atoms with Gasteiger partial charge in [0.1, 0.15) is 6.33 Å². The van der Waals surface area contributed by atoms with Gasteiger partial charge in [-0.15, -0.1) is 0 Å². The van der Waals surface area contributed by atoms with Gasteiger partial charge in [-0.25, -0.2) is 9.50 Å². The van der Waals surface area contributed by atoms with Crippen LogP contribution in [0.2, 0.25) is 0 Å². The van der Waals surface area contributed by atoms with E-state index in [0.717, 1.165) is 5.56 Å². The minimum Gasteiger partial charge on any atom is -0.219 e. The first-order chi connectivity index (χ1) is 6.07. The van der Waals surface area contributed by atoms with Crippen molar-refractivity contribution < 1.29 is 0 Å². The standard InChI is InChI=1S/C9H12N4/c1-9(2,3)7-4-10-8-11-6-12-13(8)5-7/h4-6H,1-3H3. The molecule has 0 fully saturated rings. The molecule has 0 N–H and O–H groups in total. The summed E-state index contributed by atoms with van der Waals surface area (Å²) < 4.78 is 1.70. The Balaban J connectivity index is 2.61. The summed E-state index contributed by atoms with van der Waals surface area (Å²) in [6, 6.07) is 0. The van der Waals surface area contributed by atoms with E-state index in [2.05, 4.69) is 35.8 Å². The summed E-state index contributed by atoms with van der Waals surface area (Å²) in [7, 11) is 0. The quantitative estimate of drug-likeness (QED) is 0.609. The lowest BCUT2D eigenvalue weighted by Gasteiger charge is -2.17. The van der Waals surface area contributed by atoms with Crippen LogP contribution in [0.1, 0.15) is 26.3 Å². The highest BCUT2D eigenvalue weighted by Crippen LogP contribution is 2.20. The third-order valence-electron chi connectivity index (χ3n) is 2.00. The molecule has 0 saturated heterocycles. The maximum Gasteiger partial charge on any atom is 0.252 e. The second-order valence-corrected chi connectivity index (χ2v) is 4.10. The molecule has 68 valence electrons. The van der Waals surface area contributed by atoms with Crippen molar-refractivity contribution in [2.75, 3.05) is 0 Å². The Morgan fingerprint density at radius 1 is 1.23 bits per heavy atom. The highest BCUT2D eigenvalue weighted by molar-refractivity contribution is 5.28. The van der Waals surface area contributed by atoms with Crippen LogP contribution >= 0.6 is 0 Å². The molecular weight excluding hydrogens is 164 g/mol. The van der Waals surface area contributed by atoms with Gasteiger partial charge >= 0.3 is 0 Å². The molecule has 2 heterocycles. The first-order valence-electron chi connectivity index (χ1n) is 4.23. The van der Waals surface area contributed by atoms with E-state index in [-0.39, 0.29) is 5.41 Å². The summed E-state index contributed by atoms with van der Waals surface area (Å²) in [5.41, 5.74) is 1.26. The fourth-order valence-electron chi connectivity index (χ4n) is 1.11. The van der Waals surface area contributed by atoms with E-state index in [1.807, 2.05) is 12.4 Å². The SMILES string of the molecule is CC(C)(C)c1cnc2ncnn2c1. The van der Waals surface area contributed by atoms with Gasteiger partial charge in [0.05, 0.1) is 0 Å². The first kappa shape index (κ1) is 8.16. The molecule has 0 amide bonds. The monoisotopic (exact) mass is 176 g/mol. The van der Waals surface area contributed by atoms with Crippen LogP contribution < -0.4 is 0 Å². The zero-order valence-corrected chi connectivity index (χ0v) is 8.02. The van der Waals surface area contributed by atoms with Crippen molar-refractivity contribution in [3.63, 3.8) is 0 Å². The Morgan fingerprint density at radius 2 is 2.00 bits per heavy atom. The molecule has 0 spiro atoms. The number of nitrogens with zero attached hydrogens (tertiary/aromatic N) is 4. The molecule has 0 aliphatic heterocycles. The lowest BCUT2D eigenvalue weighted by molar-refractivity contribution is 0.581. The average Bonchev–Trinajstić information content (AvgIpc) is 2.47.